The molecule has 10 heteroatoms. The smallest absolute Gasteiger partial charge is 0.371 e. The van der Waals surface area contributed by atoms with E-state index < -0.39 is 25.8 Å². The van der Waals surface area contributed by atoms with Crippen molar-refractivity contribution in [3.63, 3.8) is 0 Å². The number of aryl methyl sites for hydroxylation is 3. The van der Waals surface area contributed by atoms with Crippen LogP contribution in [0.2, 0.25) is 0 Å². The first-order valence-electron chi connectivity index (χ1n) is 12.0. The molecule has 4 aromatic rings. The first kappa shape index (κ1) is 28.3. The van der Waals surface area contributed by atoms with Gasteiger partial charge in [-0.3, -0.25) is 0 Å². The third-order valence-corrected chi connectivity index (χ3v) is 9.52. The summed E-state index contributed by atoms with van der Waals surface area (Å²) in [6.07, 6.45) is 1.15. The molecule has 0 spiro atoms. The van der Waals surface area contributed by atoms with Crippen molar-refractivity contribution in [1.29, 1.82) is 0 Å². The number of benzene rings is 3. The molecule has 1 aromatic heterocycles. The standard InChI is InChI=1S/C29H29NO7S2/c1-19-14-20(2)28(21(3)15-19)39(35,36)30(18-25-12-13-27(37-25)29(31)32)17-22-8-10-23(11-9-22)24-6-5-7-26(16-24)38(4,33)34/h5-16H,17-18H2,1-4H3,(H,31,32). The first-order valence-corrected chi connectivity index (χ1v) is 15.4. The Kier molecular flexibility index (Phi) is 7.83. The van der Waals surface area contributed by atoms with Crippen LogP contribution in [0, 0.1) is 20.8 Å². The van der Waals surface area contributed by atoms with Crippen LogP contribution in [0.15, 0.2) is 87.0 Å². The molecule has 0 aliphatic carbocycles. The summed E-state index contributed by atoms with van der Waals surface area (Å²) in [6.45, 7) is 5.24. The van der Waals surface area contributed by atoms with Gasteiger partial charge in [-0.2, -0.15) is 4.31 Å². The molecule has 4 rings (SSSR count). The van der Waals surface area contributed by atoms with Crippen LogP contribution < -0.4 is 0 Å². The van der Waals surface area contributed by atoms with Crippen molar-refractivity contribution in [1.82, 2.24) is 4.31 Å². The van der Waals surface area contributed by atoms with E-state index in [0.717, 1.165) is 22.9 Å². The lowest BCUT2D eigenvalue weighted by atomic mass is 10.0. The molecule has 0 saturated carbocycles. The molecule has 0 saturated heterocycles. The van der Waals surface area contributed by atoms with Gasteiger partial charge in [0.2, 0.25) is 15.8 Å². The molecule has 0 aliphatic rings. The van der Waals surface area contributed by atoms with Crippen molar-refractivity contribution in [2.24, 2.45) is 0 Å². The fraction of sp³-hybridized carbons (Fsp3) is 0.207. The third-order valence-electron chi connectivity index (χ3n) is 6.32. The molecule has 0 amide bonds. The zero-order valence-electron chi connectivity index (χ0n) is 22.0. The maximum Gasteiger partial charge on any atom is 0.371 e. The molecule has 0 aliphatic heterocycles. The zero-order valence-corrected chi connectivity index (χ0v) is 23.6. The van der Waals surface area contributed by atoms with E-state index in [4.69, 9.17) is 4.42 Å². The quantitative estimate of drug-likeness (QED) is 0.289. The lowest BCUT2D eigenvalue weighted by Gasteiger charge is -2.24. The summed E-state index contributed by atoms with van der Waals surface area (Å²) in [5.74, 6) is -1.31. The molecule has 0 fully saturated rings. The highest BCUT2D eigenvalue weighted by Crippen LogP contribution is 2.29. The summed E-state index contributed by atoms with van der Waals surface area (Å²) in [5, 5.41) is 9.23. The molecule has 39 heavy (non-hydrogen) atoms. The van der Waals surface area contributed by atoms with Gasteiger partial charge >= 0.3 is 5.97 Å². The van der Waals surface area contributed by atoms with E-state index in [0.29, 0.717) is 16.7 Å². The van der Waals surface area contributed by atoms with Crippen molar-refractivity contribution >= 4 is 25.8 Å². The van der Waals surface area contributed by atoms with Crippen LogP contribution in [0.4, 0.5) is 0 Å². The number of carboxylic acids is 1. The number of carboxylic acid groups (broad SMARTS) is 1. The fourth-order valence-corrected chi connectivity index (χ4v) is 7.07. The normalized spacial score (nSPS) is 12.1. The summed E-state index contributed by atoms with van der Waals surface area (Å²) in [4.78, 5) is 11.7. The Morgan fingerprint density at radius 2 is 1.46 bits per heavy atom. The van der Waals surface area contributed by atoms with Gasteiger partial charge in [-0.05, 0) is 72.9 Å². The summed E-state index contributed by atoms with van der Waals surface area (Å²) in [5.41, 5.74) is 4.36. The van der Waals surface area contributed by atoms with Crippen LogP contribution >= 0.6 is 0 Å². The van der Waals surface area contributed by atoms with Gasteiger partial charge in [0, 0.05) is 12.8 Å². The Morgan fingerprint density at radius 1 is 0.821 bits per heavy atom. The second kappa shape index (κ2) is 10.8. The number of sulfonamides is 1. The average molecular weight is 568 g/mol. The van der Waals surface area contributed by atoms with Gasteiger partial charge in [-0.1, -0.05) is 54.1 Å². The highest BCUT2D eigenvalue weighted by Gasteiger charge is 2.29. The molecule has 0 radical (unpaired) electrons. The number of hydrogen-bond acceptors (Lipinski definition) is 6. The van der Waals surface area contributed by atoms with Crippen LogP contribution in [0.1, 0.15) is 38.6 Å². The van der Waals surface area contributed by atoms with E-state index in [2.05, 4.69) is 0 Å². The number of furan rings is 1. The molecule has 0 unspecified atom stereocenters. The van der Waals surface area contributed by atoms with Crippen LogP contribution in [0.25, 0.3) is 11.1 Å². The summed E-state index contributed by atoms with van der Waals surface area (Å²) in [6, 6.07) is 20.2. The number of carbonyl (C=O) groups is 1. The predicted octanol–water partition coefficient (Wildman–Crippen LogP) is 5.36. The van der Waals surface area contributed by atoms with Crippen molar-refractivity contribution in [3.05, 3.63) is 107 Å². The van der Waals surface area contributed by atoms with E-state index in [-0.39, 0.29) is 34.4 Å². The molecular weight excluding hydrogens is 538 g/mol. The third kappa shape index (κ3) is 6.30. The van der Waals surface area contributed by atoms with Crippen LogP contribution in [0.5, 0.6) is 0 Å². The number of aromatic carboxylic acids is 1. The second-order valence-corrected chi connectivity index (χ2v) is 13.5. The molecule has 1 heterocycles. The number of nitrogens with zero attached hydrogens (tertiary/aromatic N) is 1. The fourth-order valence-electron chi connectivity index (χ4n) is 4.59. The minimum Gasteiger partial charge on any atom is -0.475 e. The lowest BCUT2D eigenvalue weighted by molar-refractivity contribution is 0.0659. The Morgan fingerprint density at radius 3 is 2.03 bits per heavy atom. The number of hydrogen-bond donors (Lipinski definition) is 1. The molecule has 8 nitrogen and oxygen atoms in total. The van der Waals surface area contributed by atoms with Crippen LogP contribution in [-0.4, -0.2) is 38.5 Å². The summed E-state index contributed by atoms with van der Waals surface area (Å²) < 4.78 is 58.5. The van der Waals surface area contributed by atoms with Crippen molar-refractivity contribution in [2.45, 2.75) is 43.7 Å². The maximum atomic E-state index is 14.0. The topological polar surface area (TPSA) is 122 Å². The van der Waals surface area contributed by atoms with Crippen LogP contribution in [0.3, 0.4) is 0 Å². The van der Waals surface area contributed by atoms with Crippen LogP contribution in [-0.2, 0) is 33.0 Å². The molecule has 3 aromatic carbocycles. The Labute approximate surface area is 228 Å². The predicted molar refractivity (Wildman–Crippen MR) is 148 cm³/mol. The molecule has 204 valence electrons. The lowest BCUT2D eigenvalue weighted by Crippen LogP contribution is -2.31. The SMILES string of the molecule is Cc1cc(C)c(S(=O)(=O)N(Cc2ccc(-c3cccc(S(C)(=O)=O)c3)cc2)Cc2ccc(C(=O)O)o2)c(C)c1. The Balaban J connectivity index is 1.70. The van der Waals surface area contributed by atoms with E-state index >= 15 is 0 Å². The van der Waals surface area contributed by atoms with Gasteiger partial charge in [-0.15, -0.1) is 0 Å². The minimum absolute atomic E-state index is 0.00184. The van der Waals surface area contributed by atoms with Gasteiger partial charge in [0.15, 0.2) is 9.84 Å². The molecular formula is C29H29NO7S2. The Hall–Kier alpha value is -3.73. The van der Waals surface area contributed by atoms with Gasteiger partial charge in [-0.25, -0.2) is 21.6 Å². The van der Waals surface area contributed by atoms with E-state index in [1.54, 1.807) is 56.3 Å². The van der Waals surface area contributed by atoms with Crippen molar-refractivity contribution in [2.75, 3.05) is 6.26 Å². The number of sulfone groups is 1. The highest BCUT2D eigenvalue weighted by atomic mass is 32.2. The first-order chi connectivity index (χ1) is 18.3. The Bertz CT molecular complexity index is 1730. The molecule has 0 bridgehead atoms. The van der Waals surface area contributed by atoms with Gasteiger partial charge in [0.1, 0.15) is 5.76 Å². The largest absolute Gasteiger partial charge is 0.475 e. The maximum absolute atomic E-state index is 14.0. The van der Waals surface area contributed by atoms with E-state index in [1.165, 1.54) is 22.5 Å². The van der Waals surface area contributed by atoms with Crippen molar-refractivity contribution in [3.8, 4) is 11.1 Å². The second-order valence-electron chi connectivity index (χ2n) is 9.57. The van der Waals surface area contributed by atoms with Gasteiger partial charge in [0.25, 0.3) is 0 Å². The summed E-state index contributed by atoms with van der Waals surface area (Å²) in [7, 11) is -7.37. The van der Waals surface area contributed by atoms with Crippen molar-refractivity contribution < 1.29 is 31.2 Å². The minimum atomic E-state index is -4.01. The summed E-state index contributed by atoms with van der Waals surface area (Å²) >= 11 is 0. The zero-order chi connectivity index (χ0) is 28.5. The molecule has 1 N–H and O–H groups in total. The van der Waals surface area contributed by atoms with Gasteiger partial charge in [0.05, 0.1) is 16.3 Å². The number of rotatable bonds is 9. The highest BCUT2D eigenvalue weighted by molar-refractivity contribution is 7.90. The average Bonchev–Trinajstić information content (AvgIpc) is 3.32. The van der Waals surface area contributed by atoms with E-state index in [1.807, 2.05) is 19.1 Å². The molecule has 0 atom stereocenters. The monoisotopic (exact) mass is 567 g/mol. The van der Waals surface area contributed by atoms with Gasteiger partial charge < -0.3 is 9.52 Å². The van der Waals surface area contributed by atoms with E-state index in [9.17, 15) is 26.7 Å².